The zero-order valence-electron chi connectivity index (χ0n) is 11.2. The predicted octanol–water partition coefficient (Wildman–Crippen LogP) is 2.30. The Hall–Kier alpha value is -1.73. The molecule has 0 bridgehead atoms. The van der Waals surface area contributed by atoms with Crippen LogP contribution >= 0.6 is 23.4 Å². The van der Waals surface area contributed by atoms with Gasteiger partial charge in [0.05, 0.1) is 16.3 Å². The van der Waals surface area contributed by atoms with Crippen LogP contribution in [0.5, 0.6) is 0 Å². The number of amides is 1. The van der Waals surface area contributed by atoms with Gasteiger partial charge < -0.3 is 15.4 Å². The fourth-order valence-electron chi connectivity index (χ4n) is 2.10. The van der Waals surface area contributed by atoms with Crippen molar-refractivity contribution in [1.29, 1.82) is 0 Å². The van der Waals surface area contributed by atoms with E-state index in [0.717, 1.165) is 17.3 Å². The molecule has 2 aromatic rings. The van der Waals surface area contributed by atoms with Crippen LogP contribution in [0.1, 0.15) is 19.4 Å². The number of carbonyl (C=O) groups excluding carboxylic acids is 1. The number of hydrogen-bond donors (Lipinski definition) is 2. The molecule has 3 N–H and O–H groups in total. The van der Waals surface area contributed by atoms with Crippen molar-refractivity contribution in [2.24, 2.45) is 5.73 Å². The zero-order valence-corrected chi connectivity index (χ0v) is 12.8. The number of halogens is 1. The van der Waals surface area contributed by atoms with Gasteiger partial charge in [-0.3, -0.25) is 9.59 Å². The molecule has 1 amide bonds. The van der Waals surface area contributed by atoms with E-state index >= 15 is 0 Å². The lowest BCUT2D eigenvalue weighted by Crippen LogP contribution is -2.18. The lowest BCUT2D eigenvalue weighted by molar-refractivity contribution is -0.134. The molecule has 0 saturated carbocycles. The molecule has 1 atom stereocenters. The molecule has 1 unspecified atom stereocenters. The molecular weight excluding hydrogens is 314 g/mol. The van der Waals surface area contributed by atoms with Crippen molar-refractivity contribution < 1.29 is 14.7 Å². The third-order valence-corrected chi connectivity index (χ3v) is 4.14. The molecule has 0 saturated heterocycles. The minimum Gasteiger partial charge on any atom is -0.481 e. The average molecular weight is 328 g/mol. The first-order valence-electron chi connectivity index (χ1n) is 6.19. The van der Waals surface area contributed by atoms with Gasteiger partial charge in [-0.1, -0.05) is 29.4 Å². The second-order valence-electron chi connectivity index (χ2n) is 4.57. The molecule has 0 aliphatic heterocycles. The van der Waals surface area contributed by atoms with Crippen molar-refractivity contribution in [1.82, 2.24) is 9.55 Å². The van der Waals surface area contributed by atoms with Gasteiger partial charge in [-0.25, -0.2) is 4.98 Å². The number of hydrogen-bond acceptors (Lipinski definition) is 4. The van der Waals surface area contributed by atoms with Crippen LogP contribution in [0.15, 0.2) is 23.4 Å². The van der Waals surface area contributed by atoms with Gasteiger partial charge in [-0.2, -0.15) is 0 Å². The summed E-state index contributed by atoms with van der Waals surface area (Å²) in [5, 5.41) is 9.81. The molecule has 2 rings (SSSR count). The smallest absolute Gasteiger partial charge is 0.313 e. The Balaban J connectivity index is 2.51. The third kappa shape index (κ3) is 3.48. The average Bonchev–Trinajstić information content (AvgIpc) is 2.75. The van der Waals surface area contributed by atoms with Crippen LogP contribution in [0.2, 0.25) is 5.02 Å². The summed E-state index contributed by atoms with van der Waals surface area (Å²) >= 11 is 7.21. The lowest BCUT2D eigenvalue weighted by Gasteiger charge is -2.15. The minimum atomic E-state index is -0.938. The normalized spacial score (nSPS) is 12.5. The highest BCUT2D eigenvalue weighted by Gasteiger charge is 2.19. The number of aromatic nitrogens is 2. The van der Waals surface area contributed by atoms with E-state index in [9.17, 15) is 9.59 Å². The van der Waals surface area contributed by atoms with Gasteiger partial charge in [0.1, 0.15) is 5.52 Å². The third-order valence-electron chi connectivity index (χ3n) is 2.90. The number of nitrogens with zero attached hydrogens (tertiary/aromatic N) is 2. The second-order valence-corrected chi connectivity index (χ2v) is 5.92. The van der Waals surface area contributed by atoms with E-state index in [1.165, 1.54) is 0 Å². The zero-order chi connectivity index (χ0) is 15.6. The van der Waals surface area contributed by atoms with Crippen LogP contribution in [0.3, 0.4) is 0 Å². The SMILES string of the molecule is CC(CC(N)=O)n1c(SCC(=O)O)nc2c(Cl)cccc21. The number of aliphatic carboxylic acids is 1. The van der Waals surface area contributed by atoms with Crippen LogP contribution < -0.4 is 5.73 Å². The highest BCUT2D eigenvalue weighted by molar-refractivity contribution is 7.99. The molecule has 0 spiro atoms. The monoisotopic (exact) mass is 327 g/mol. The van der Waals surface area contributed by atoms with Crippen molar-refractivity contribution in [3.05, 3.63) is 23.2 Å². The van der Waals surface area contributed by atoms with Crippen molar-refractivity contribution in [3.8, 4) is 0 Å². The molecule has 0 aliphatic rings. The molecular formula is C13H14ClN3O3S. The Kier molecular flexibility index (Phi) is 4.74. The second kappa shape index (κ2) is 6.36. The number of thioether (sulfide) groups is 1. The summed E-state index contributed by atoms with van der Waals surface area (Å²) < 4.78 is 1.81. The van der Waals surface area contributed by atoms with Crippen molar-refractivity contribution in [2.45, 2.75) is 24.5 Å². The fraction of sp³-hybridized carbons (Fsp3) is 0.308. The van der Waals surface area contributed by atoms with E-state index in [2.05, 4.69) is 4.98 Å². The van der Waals surface area contributed by atoms with Gasteiger partial charge in [0, 0.05) is 12.5 Å². The maximum Gasteiger partial charge on any atom is 0.313 e. The minimum absolute atomic E-state index is 0.121. The van der Waals surface area contributed by atoms with E-state index in [0.29, 0.717) is 15.7 Å². The summed E-state index contributed by atoms with van der Waals surface area (Å²) in [5.74, 6) is -1.49. The highest BCUT2D eigenvalue weighted by atomic mass is 35.5. The quantitative estimate of drug-likeness (QED) is 0.793. The van der Waals surface area contributed by atoms with E-state index in [1.54, 1.807) is 16.7 Å². The number of fused-ring (bicyclic) bond motifs is 1. The number of imidazole rings is 1. The van der Waals surface area contributed by atoms with Crippen LogP contribution in [-0.4, -0.2) is 32.3 Å². The number of carbonyl (C=O) groups is 2. The predicted molar refractivity (Wildman–Crippen MR) is 81.6 cm³/mol. The Morgan fingerprint density at radius 2 is 2.24 bits per heavy atom. The molecule has 112 valence electrons. The van der Waals surface area contributed by atoms with Gasteiger partial charge >= 0.3 is 5.97 Å². The standard InChI is InChI=1S/C13H14ClN3O3S/c1-7(5-10(15)18)17-9-4-2-3-8(14)12(9)16-13(17)21-6-11(19)20/h2-4,7H,5-6H2,1H3,(H2,15,18)(H,19,20). The number of rotatable bonds is 6. The summed E-state index contributed by atoms with van der Waals surface area (Å²) in [6.07, 6.45) is 0.138. The van der Waals surface area contributed by atoms with Crippen LogP contribution in [0, 0.1) is 0 Å². The van der Waals surface area contributed by atoms with Gasteiger partial charge in [0.15, 0.2) is 5.16 Å². The molecule has 1 aromatic carbocycles. The lowest BCUT2D eigenvalue weighted by atomic mass is 10.2. The number of primary amides is 1. The Labute approximate surface area is 130 Å². The number of nitrogens with two attached hydrogens (primary N) is 1. The first-order valence-corrected chi connectivity index (χ1v) is 7.56. The Morgan fingerprint density at radius 3 is 2.86 bits per heavy atom. The largest absolute Gasteiger partial charge is 0.481 e. The summed E-state index contributed by atoms with van der Waals surface area (Å²) in [4.78, 5) is 26.3. The first kappa shape index (κ1) is 15.7. The van der Waals surface area contributed by atoms with E-state index in [4.69, 9.17) is 22.4 Å². The maximum absolute atomic E-state index is 11.1. The molecule has 0 aliphatic carbocycles. The van der Waals surface area contributed by atoms with Gasteiger partial charge in [0.25, 0.3) is 0 Å². The van der Waals surface area contributed by atoms with Crippen LogP contribution in [0.25, 0.3) is 11.0 Å². The van der Waals surface area contributed by atoms with E-state index in [1.807, 2.05) is 13.0 Å². The maximum atomic E-state index is 11.1. The van der Waals surface area contributed by atoms with Crippen molar-refractivity contribution in [2.75, 3.05) is 5.75 Å². The summed E-state index contributed by atoms with van der Waals surface area (Å²) in [6, 6.07) is 5.09. The van der Waals surface area contributed by atoms with Gasteiger partial charge in [0.2, 0.25) is 5.91 Å². The van der Waals surface area contributed by atoms with E-state index in [-0.39, 0.29) is 18.2 Å². The fourth-order valence-corrected chi connectivity index (χ4v) is 3.14. The van der Waals surface area contributed by atoms with Gasteiger partial charge in [-0.05, 0) is 19.1 Å². The number of carboxylic acid groups (broad SMARTS) is 1. The molecule has 1 aromatic heterocycles. The van der Waals surface area contributed by atoms with E-state index < -0.39 is 11.9 Å². The molecule has 21 heavy (non-hydrogen) atoms. The Bertz CT molecular complexity index is 701. The van der Waals surface area contributed by atoms with Crippen LogP contribution in [0.4, 0.5) is 0 Å². The number of benzene rings is 1. The molecule has 8 heteroatoms. The number of para-hydroxylation sites is 1. The number of carboxylic acids is 1. The molecule has 1 heterocycles. The Morgan fingerprint density at radius 1 is 1.52 bits per heavy atom. The molecule has 6 nitrogen and oxygen atoms in total. The summed E-state index contributed by atoms with van der Waals surface area (Å²) in [7, 11) is 0. The topological polar surface area (TPSA) is 98.2 Å². The molecule has 0 radical (unpaired) electrons. The van der Waals surface area contributed by atoms with Gasteiger partial charge in [-0.15, -0.1) is 0 Å². The van der Waals surface area contributed by atoms with Crippen molar-refractivity contribution in [3.63, 3.8) is 0 Å². The highest BCUT2D eigenvalue weighted by Crippen LogP contribution is 2.32. The van der Waals surface area contributed by atoms with Crippen LogP contribution in [-0.2, 0) is 9.59 Å². The summed E-state index contributed by atoms with van der Waals surface area (Å²) in [6.45, 7) is 1.83. The summed E-state index contributed by atoms with van der Waals surface area (Å²) in [5.41, 5.74) is 6.59. The first-order chi connectivity index (χ1) is 9.90. The van der Waals surface area contributed by atoms with Crippen molar-refractivity contribution >= 4 is 46.3 Å². The molecule has 0 fully saturated rings.